The fourth-order valence-electron chi connectivity index (χ4n) is 2.77. The normalized spacial score (nSPS) is 12.7. The van der Waals surface area contributed by atoms with Crippen LogP contribution >= 0.6 is 11.6 Å². The Bertz CT molecular complexity index is 752. The number of carbonyl (C=O) groups excluding carboxylic acids is 1. The van der Waals surface area contributed by atoms with Crippen molar-refractivity contribution >= 4 is 17.5 Å². The highest BCUT2D eigenvalue weighted by Gasteiger charge is 2.18. The third-order valence-corrected chi connectivity index (χ3v) is 4.79. The molecule has 0 saturated heterocycles. The summed E-state index contributed by atoms with van der Waals surface area (Å²) in [6.07, 6.45) is 0. The summed E-state index contributed by atoms with van der Waals surface area (Å²) in [5.41, 5.74) is 2.58. The minimum Gasteiger partial charge on any atom is -0.482 e. The Morgan fingerprint density at radius 2 is 1.74 bits per heavy atom. The molecule has 0 spiro atoms. The van der Waals surface area contributed by atoms with Gasteiger partial charge in [0, 0.05) is 6.54 Å². The molecule has 1 atom stereocenters. The van der Waals surface area contributed by atoms with E-state index in [0.717, 1.165) is 0 Å². The van der Waals surface area contributed by atoms with Gasteiger partial charge in [0.2, 0.25) is 0 Å². The molecule has 1 N–H and O–H groups in total. The van der Waals surface area contributed by atoms with Gasteiger partial charge < -0.3 is 15.0 Å². The summed E-state index contributed by atoms with van der Waals surface area (Å²) in [5.74, 6) is 0.337. The first-order chi connectivity index (χ1) is 12.7. The maximum absolute atomic E-state index is 12.2. The smallest absolute Gasteiger partial charge is 0.258 e. The van der Waals surface area contributed by atoms with Gasteiger partial charge in [-0.1, -0.05) is 68.8 Å². The van der Waals surface area contributed by atoms with E-state index in [-0.39, 0.29) is 24.0 Å². The van der Waals surface area contributed by atoms with Gasteiger partial charge in [-0.05, 0) is 42.8 Å². The van der Waals surface area contributed by atoms with E-state index in [0.29, 0.717) is 17.3 Å². The number of likely N-dealkylation sites (N-methyl/N-ethyl adjacent to an activating group) is 1. The van der Waals surface area contributed by atoms with Crippen molar-refractivity contribution in [2.24, 2.45) is 0 Å². The van der Waals surface area contributed by atoms with Crippen molar-refractivity contribution in [1.29, 1.82) is 0 Å². The monoisotopic (exact) mass is 388 g/mol. The first kappa shape index (κ1) is 21.3. The fraction of sp³-hybridized carbons (Fsp3) is 0.409. The van der Waals surface area contributed by atoms with E-state index in [1.807, 2.05) is 26.2 Å². The third-order valence-electron chi connectivity index (χ3n) is 4.47. The van der Waals surface area contributed by atoms with Crippen LogP contribution in [-0.2, 0) is 10.2 Å². The number of carbonyl (C=O) groups is 1. The van der Waals surface area contributed by atoms with Gasteiger partial charge in [0.1, 0.15) is 5.75 Å². The number of hydrogen-bond acceptors (Lipinski definition) is 3. The number of amides is 1. The summed E-state index contributed by atoms with van der Waals surface area (Å²) in [4.78, 5) is 14.3. The summed E-state index contributed by atoms with van der Waals surface area (Å²) in [6.45, 7) is 7.04. The van der Waals surface area contributed by atoms with Gasteiger partial charge in [-0.15, -0.1) is 0 Å². The van der Waals surface area contributed by atoms with Crippen molar-refractivity contribution in [3.05, 3.63) is 64.7 Å². The van der Waals surface area contributed by atoms with Crippen molar-refractivity contribution in [3.63, 3.8) is 0 Å². The molecule has 0 aliphatic carbocycles. The molecule has 2 aromatic rings. The minimum atomic E-state index is -0.173. The van der Waals surface area contributed by atoms with Crippen LogP contribution in [0.3, 0.4) is 0 Å². The topological polar surface area (TPSA) is 41.6 Å². The lowest BCUT2D eigenvalue weighted by molar-refractivity contribution is -0.123. The molecule has 0 aliphatic heterocycles. The van der Waals surface area contributed by atoms with E-state index >= 15 is 0 Å². The lowest BCUT2D eigenvalue weighted by Crippen LogP contribution is -2.36. The first-order valence-corrected chi connectivity index (χ1v) is 9.47. The van der Waals surface area contributed by atoms with Crippen LogP contribution in [0, 0.1) is 0 Å². The molecule has 0 aromatic heterocycles. The summed E-state index contributed by atoms with van der Waals surface area (Å²) in [5, 5.41) is 3.44. The summed E-state index contributed by atoms with van der Waals surface area (Å²) in [6, 6.07) is 15.8. The fourth-order valence-corrected chi connectivity index (χ4v) is 2.96. The summed E-state index contributed by atoms with van der Waals surface area (Å²) in [7, 11) is 4.02. The number of nitrogens with zero attached hydrogens (tertiary/aromatic N) is 1. The maximum atomic E-state index is 12.2. The molecule has 0 fully saturated rings. The van der Waals surface area contributed by atoms with E-state index in [1.54, 1.807) is 12.1 Å². The van der Waals surface area contributed by atoms with Gasteiger partial charge in [0.05, 0.1) is 11.1 Å². The van der Waals surface area contributed by atoms with Crippen molar-refractivity contribution in [3.8, 4) is 5.75 Å². The van der Waals surface area contributed by atoms with Gasteiger partial charge >= 0.3 is 0 Å². The van der Waals surface area contributed by atoms with Crippen LogP contribution in [0.15, 0.2) is 48.5 Å². The minimum absolute atomic E-state index is 0.0627. The summed E-state index contributed by atoms with van der Waals surface area (Å²) >= 11 is 6.04. The van der Waals surface area contributed by atoms with Gasteiger partial charge in [0.15, 0.2) is 6.61 Å². The van der Waals surface area contributed by atoms with E-state index < -0.39 is 0 Å². The van der Waals surface area contributed by atoms with Gasteiger partial charge in [-0.3, -0.25) is 4.79 Å². The number of benzene rings is 2. The van der Waals surface area contributed by atoms with E-state index in [4.69, 9.17) is 16.3 Å². The van der Waals surface area contributed by atoms with Crippen LogP contribution < -0.4 is 10.1 Å². The lowest BCUT2D eigenvalue weighted by atomic mass is 9.86. The second-order valence-electron chi connectivity index (χ2n) is 7.87. The number of rotatable bonds is 7. The summed E-state index contributed by atoms with van der Waals surface area (Å²) < 4.78 is 5.49. The van der Waals surface area contributed by atoms with Crippen molar-refractivity contribution in [2.75, 3.05) is 27.2 Å². The number of hydrogen-bond donors (Lipinski definition) is 1. The average molecular weight is 389 g/mol. The Morgan fingerprint density at radius 1 is 1.11 bits per heavy atom. The highest BCUT2D eigenvalue weighted by Crippen LogP contribution is 2.25. The Hall–Kier alpha value is -2.04. The molecular formula is C22H29ClN2O2. The molecule has 4 nitrogen and oxygen atoms in total. The van der Waals surface area contributed by atoms with E-state index in [9.17, 15) is 4.79 Å². The average Bonchev–Trinajstić information content (AvgIpc) is 2.60. The number of nitrogens with one attached hydrogen (secondary N) is 1. The molecule has 0 aliphatic rings. The number of halogens is 1. The van der Waals surface area contributed by atoms with Gasteiger partial charge in [0.25, 0.3) is 5.91 Å². The van der Waals surface area contributed by atoms with Crippen LogP contribution in [0.1, 0.15) is 37.9 Å². The van der Waals surface area contributed by atoms with Crippen molar-refractivity contribution in [2.45, 2.75) is 32.2 Å². The van der Waals surface area contributed by atoms with Crippen molar-refractivity contribution in [1.82, 2.24) is 10.2 Å². The highest BCUT2D eigenvalue weighted by atomic mass is 35.5. The molecule has 2 aromatic carbocycles. The molecule has 1 unspecified atom stereocenters. The Labute approximate surface area is 167 Å². The number of ether oxygens (including phenoxy) is 1. The van der Waals surface area contributed by atoms with Crippen LogP contribution in [0.5, 0.6) is 5.75 Å². The molecule has 0 radical (unpaired) electrons. The Balaban J connectivity index is 1.94. The zero-order valence-electron chi connectivity index (χ0n) is 16.8. The lowest BCUT2D eigenvalue weighted by Gasteiger charge is -2.26. The predicted octanol–water partition coefficient (Wildman–Crippen LogP) is 4.44. The first-order valence-electron chi connectivity index (χ1n) is 9.09. The van der Waals surface area contributed by atoms with Crippen LogP contribution in [0.4, 0.5) is 0 Å². The van der Waals surface area contributed by atoms with Gasteiger partial charge in [-0.25, -0.2) is 0 Å². The zero-order chi connectivity index (χ0) is 20.0. The second-order valence-corrected chi connectivity index (χ2v) is 8.28. The zero-order valence-corrected chi connectivity index (χ0v) is 17.5. The quantitative estimate of drug-likeness (QED) is 0.762. The predicted molar refractivity (Wildman–Crippen MR) is 112 cm³/mol. The molecule has 146 valence electrons. The van der Waals surface area contributed by atoms with E-state index in [2.05, 4.69) is 55.3 Å². The third kappa shape index (κ3) is 6.26. The van der Waals surface area contributed by atoms with Crippen LogP contribution in [-0.4, -0.2) is 38.1 Å². The SMILES string of the molecule is CN(C)C(CNC(=O)COc1ccccc1Cl)c1ccc(C(C)(C)C)cc1. The molecule has 0 bridgehead atoms. The molecule has 0 saturated carbocycles. The van der Waals surface area contributed by atoms with Gasteiger partial charge in [-0.2, -0.15) is 0 Å². The molecule has 27 heavy (non-hydrogen) atoms. The van der Waals surface area contributed by atoms with Crippen LogP contribution in [0.2, 0.25) is 5.02 Å². The molecule has 5 heteroatoms. The Kier molecular flexibility index (Phi) is 7.28. The maximum Gasteiger partial charge on any atom is 0.258 e. The molecule has 0 heterocycles. The standard InChI is InChI=1S/C22H29ClN2O2/c1-22(2,3)17-12-10-16(11-13-17)19(25(4)5)14-24-21(26)15-27-20-9-7-6-8-18(20)23/h6-13,19H,14-15H2,1-5H3,(H,24,26). The van der Waals surface area contributed by atoms with Crippen molar-refractivity contribution < 1.29 is 9.53 Å². The second kappa shape index (κ2) is 9.25. The van der Waals surface area contributed by atoms with E-state index in [1.165, 1.54) is 11.1 Å². The molecule has 1 amide bonds. The molecular weight excluding hydrogens is 360 g/mol. The Morgan fingerprint density at radius 3 is 2.30 bits per heavy atom. The molecule has 2 rings (SSSR count). The largest absolute Gasteiger partial charge is 0.482 e. The number of para-hydroxylation sites is 1. The van der Waals surface area contributed by atoms with Crippen LogP contribution in [0.25, 0.3) is 0 Å². The highest BCUT2D eigenvalue weighted by molar-refractivity contribution is 6.32.